The molecule has 1 amide bonds. The van der Waals surface area contributed by atoms with Gasteiger partial charge in [0, 0.05) is 30.9 Å². The number of carbonyl (C=O) groups excluding carboxylic acids is 1. The Morgan fingerprint density at radius 2 is 1.96 bits per heavy atom. The lowest BCUT2D eigenvalue weighted by atomic mass is 9.66. The Bertz CT molecular complexity index is 737. The van der Waals surface area contributed by atoms with Crippen LogP contribution in [0.5, 0.6) is 0 Å². The maximum atomic E-state index is 12.9. The summed E-state index contributed by atoms with van der Waals surface area (Å²) in [6.45, 7) is 0.544. The van der Waals surface area contributed by atoms with E-state index in [1.165, 1.54) is 6.20 Å². The first-order valence-electron chi connectivity index (χ1n) is 9.05. The van der Waals surface area contributed by atoms with Crippen molar-refractivity contribution in [1.29, 1.82) is 0 Å². The fourth-order valence-electron chi connectivity index (χ4n) is 4.58. The van der Waals surface area contributed by atoms with E-state index in [-0.39, 0.29) is 17.9 Å². The third kappa shape index (κ3) is 2.82. The normalized spacial score (nSPS) is 29.1. The van der Waals surface area contributed by atoms with Gasteiger partial charge in [-0.3, -0.25) is 9.78 Å². The van der Waals surface area contributed by atoms with Gasteiger partial charge in [0.25, 0.3) is 5.91 Å². The van der Waals surface area contributed by atoms with E-state index in [2.05, 4.69) is 9.97 Å². The van der Waals surface area contributed by atoms with Gasteiger partial charge in [0.05, 0.1) is 11.8 Å². The Kier molecular flexibility index (Phi) is 4.25. The smallest absolute Gasteiger partial charge is 0.274 e. The predicted molar refractivity (Wildman–Crippen MR) is 93.8 cm³/mol. The number of hydrogen-bond acceptors (Lipinski definition) is 4. The van der Waals surface area contributed by atoms with Crippen molar-refractivity contribution in [2.24, 2.45) is 5.92 Å². The van der Waals surface area contributed by atoms with Gasteiger partial charge < -0.3 is 10.0 Å². The van der Waals surface area contributed by atoms with E-state index in [4.69, 9.17) is 0 Å². The van der Waals surface area contributed by atoms with Crippen molar-refractivity contribution in [3.05, 3.63) is 60.2 Å². The number of likely N-dealkylation sites (tertiary alicyclic amines) is 1. The number of piperidine rings is 1. The van der Waals surface area contributed by atoms with Gasteiger partial charge in [-0.15, -0.1) is 0 Å². The van der Waals surface area contributed by atoms with E-state index in [9.17, 15) is 9.90 Å². The Morgan fingerprint density at radius 3 is 2.72 bits per heavy atom. The van der Waals surface area contributed by atoms with Crippen molar-refractivity contribution in [2.75, 3.05) is 6.54 Å². The molecule has 1 aliphatic heterocycles. The van der Waals surface area contributed by atoms with Gasteiger partial charge in [0.1, 0.15) is 5.69 Å². The highest BCUT2D eigenvalue weighted by Gasteiger charge is 2.50. The zero-order valence-corrected chi connectivity index (χ0v) is 14.2. The second-order valence-corrected chi connectivity index (χ2v) is 7.09. The molecule has 1 saturated heterocycles. The molecule has 5 nitrogen and oxygen atoms in total. The number of nitrogens with zero attached hydrogens (tertiary/aromatic N) is 3. The summed E-state index contributed by atoms with van der Waals surface area (Å²) in [4.78, 5) is 23.1. The van der Waals surface area contributed by atoms with Crippen LogP contribution in [0.3, 0.4) is 0 Å². The molecular weight excluding hydrogens is 314 g/mol. The lowest BCUT2D eigenvalue weighted by Crippen LogP contribution is -2.59. The van der Waals surface area contributed by atoms with Crippen LogP contribution in [-0.2, 0) is 5.60 Å². The van der Waals surface area contributed by atoms with E-state index in [1.54, 1.807) is 12.4 Å². The van der Waals surface area contributed by atoms with Crippen molar-refractivity contribution < 1.29 is 9.90 Å². The Morgan fingerprint density at radius 1 is 1.16 bits per heavy atom. The van der Waals surface area contributed by atoms with Gasteiger partial charge in [-0.25, -0.2) is 4.98 Å². The molecule has 2 fully saturated rings. The van der Waals surface area contributed by atoms with E-state index in [1.807, 2.05) is 35.2 Å². The zero-order chi connectivity index (χ0) is 17.3. The summed E-state index contributed by atoms with van der Waals surface area (Å²) in [5.41, 5.74) is 0.501. The minimum atomic E-state index is -0.856. The average molecular weight is 337 g/mol. The monoisotopic (exact) mass is 337 g/mol. The van der Waals surface area contributed by atoms with E-state index in [0.717, 1.165) is 31.2 Å². The summed E-state index contributed by atoms with van der Waals surface area (Å²) in [5, 5.41) is 11.5. The largest absolute Gasteiger partial charge is 0.385 e. The van der Waals surface area contributed by atoms with Crippen molar-refractivity contribution in [3.63, 3.8) is 0 Å². The minimum Gasteiger partial charge on any atom is -0.385 e. The molecule has 1 N–H and O–H groups in total. The fourth-order valence-corrected chi connectivity index (χ4v) is 4.58. The van der Waals surface area contributed by atoms with Crippen LogP contribution in [0, 0.1) is 5.92 Å². The molecule has 1 aromatic heterocycles. The van der Waals surface area contributed by atoms with Gasteiger partial charge in [-0.1, -0.05) is 43.2 Å². The SMILES string of the molecule is O=C(c1cnccn1)N1CCC(O)(c2ccccc2)[C@H]2CCCC[C@H]21. The highest BCUT2D eigenvalue weighted by Crippen LogP contribution is 2.47. The Labute approximate surface area is 147 Å². The number of benzene rings is 1. The highest BCUT2D eigenvalue weighted by molar-refractivity contribution is 5.92. The first-order chi connectivity index (χ1) is 12.2. The second-order valence-electron chi connectivity index (χ2n) is 7.09. The molecule has 2 aliphatic rings. The zero-order valence-electron chi connectivity index (χ0n) is 14.2. The van der Waals surface area contributed by atoms with Crippen molar-refractivity contribution in [3.8, 4) is 0 Å². The maximum absolute atomic E-state index is 12.9. The molecule has 0 bridgehead atoms. The summed E-state index contributed by atoms with van der Waals surface area (Å²) in [6.07, 6.45) is 9.29. The molecule has 4 rings (SSSR count). The molecule has 1 saturated carbocycles. The van der Waals surface area contributed by atoms with Crippen LogP contribution >= 0.6 is 0 Å². The molecule has 1 unspecified atom stereocenters. The quantitative estimate of drug-likeness (QED) is 0.915. The summed E-state index contributed by atoms with van der Waals surface area (Å²) < 4.78 is 0. The number of aliphatic hydroxyl groups is 1. The van der Waals surface area contributed by atoms with Crippen LogP contribution in [-0.4, -0.2) is 38.5 Å². The van der Waals surface area contributed by atoms with Gasteiger partial charge in [0.2, 0.25) is 0 Å². The Balaban J connectivity index is 1.66. The molecule has 130 valence electrons. The number of hydrogen-bond donors (Lipinski definition) is 1. The molecule has 2 aromatic rings. The van der Waals surface area contributed by atoms with Crippen molar-refractivity contribution >= 4 is 5.91 Å². The fraction of sp³-hybridized carbons (Fsp3) is 0.450. The van der Waals surface area contributed by atoms with Crippen molar-refractivity contribution in [1.82, 2.24) is 14.9 Å². The average Bonchev–Trinajstić information content (AvgIpc) is 2.69. The van der Waals surface area contributed by atoms with Crippen LogP contribution in [0.4, 0.5) is 0 Å². The molecule has 2 heterocycles. The number of rotatable bonds is 2. The van der Waals surface area contributed by atoms with Gasteiger partial charge in [-0.2, -0.15) is 0 Å². The number of carbonyl (C=O) groups is 1. The minimum absolute atomic E-state index is 0.0576. The summed E-state index contributed by atoms with van der Waals surface area (Å²) in [5.74, 6) is -0.00173. The van der Waals surface area contributed by atoms with Gasteiger partial charge >= 0.3 is 0 Å². The molecule has 0 spiro atoms. The van der Waals surface area contributed by atoms with E-state index >= 15 is 0 Å². The number of amides is 1. The molecule has 0 radical (unpaired) electrons. The summed E-state index contributed by atoms with van der Waals surface area (Å²) in [6, 6.07) is 9.99. The second kappa shape index (κ2) is 6.56. The van der Waals surface area contributed by atoms with E-state index < -0.39 is 5.60 Å². The molecular formula is C20H23N3O2. The van der Waals surface area contributed by atoms with Gasteiger partial charge in [-0.05, 0) is 24.8 Å². The summed E-state index contributed by atoms with van der Waals surface area (Å²) in [7, 11) is 0. The molecule has 1 aliphatic carbocycles. The predicted octanol–water partition coefficient (Wildman–Crippen LogP) is 2.77. The Hall–Kier alpha value is -2.27. The molecule has 3 atom stereocenters. The molecule has 1 aromatic carbocycles. The first-order valence-corrected chi connectivity index (χ1v) is 9.05. The number of aromatic nitrogens is 2. The van der Waals surface area contributed by atoms with Crippen LogP contribution in [0.2, 0.25) is 0 Å². The molecule has 5 heteroatoms. The topological polar surface area (TPSA) is 66.3 Å². The lowest BCUT2D eigenvalue weighted by Gasteiger charge is -2.52. The van der Waals surface area contributed by atoms with Crippen LogP contribution in [0.25, 0.3) is 0 Å². The van der Waals surface area contributed by atoms with Gasteiger partial charge in [0.15, 0.2) is 0 Å². The summed E-state index contributed by atoms with van der Waals surface area (Å²) >= 11 is 0. The number of fused-ring (bicyclic) bond motifs is 1. The van der Waals surface area contributed by atoms with Crippen LogP contribution in [0.1, 0.15) is 48.2 Å². The molecule has 25 heavy (non-hydrogen) atoms. The highest BCUT2D eigenvalue weighted by atomic mass is 16.3. The lowest BCUT2D eigenvalue weighted by molar-refractivity contribution is -0.110. The third-order valence-electron chi connectivity index (χ3n) is 5.79. The van der Waals surface area contributed by atoms with Crippen LogP contribution < -0.4 is 0 Å². The maximum Gasteiger partial charge on any atom is 0.274 e. The third-order valence-corrected chi connectivity index (χ3v) is 5.79. The van der Waals surface area contributed by atoms with E-state index in [0.29, 0.717) is 18.7 Å². The van der Waals surface area contributed by atoms with Crippen molar-refractivity contribution in [2.45, 2.75) is 43.7 Å². The van der Waals surface area contributed by atoms with Crippen LogP contribution in [0.15, 0.2) is 48.9 Å². The first kappa shape index (κ1) is 16.2. The standard InChI is InChI=1S/C20H23N3O2/c24-19(17-14-21-11-12-22-17)23-13-10-20(25,15-6-2-1-3-7-15)16-8-4-5-9-18(16)23/h1-3,6-7,11-12,14,16,18,25H,4-5,8-10,13H2/t16-,18+,20?/m0/s1.